The summed E-state index contributed by atoms with van der Waals surface area (Å²) in [7, 11) is 0. The minimum Gasteiger partial charge on any atom is -0.457 e. The predicted molar refractivity (Wildman–Crippen MR) is 322 cm³/mol. The number of allylic oxidation sites excluding steroid dienone is 2. The Morgan fingerprint density at radius 1 is 0.541 bits per heavy atom. The molecule has 0 spiro atoms. The highest BCUT2D eigenvalue weighted by Gasteiger charge is 2.74. The van der Waals surface area contributed by atoms with Gasteiger partial charge in [-0.05, 0) is 97.7 Å². The van der Waals surface area contributed by atoms with Crippen molar-refractivity contribution in [2.24, 2.45) is 50.2 Å². The summed E-state index contributed by atoms with van der Waals surface area (Å²) >= 11 is 0. The number of aliphatic hydroxyl groups excluding tert-OH is 17. The maximum atomic E-state index is 15.6. The van der Waals surface area contributed by atoms with Gasteiger partial charge in [-0.2, -0.15) is 0 Å². The molecule has 4 saturated carbocycles. The topological polar surface area (TPSA) is 518 Å². The Morgan fingerprint density at radius 2 is 1.13 bits per heavy atom. The number of ether oxygens (including phenoxy) is 13. The van der Waals surface area contributed by atoms with Gasteiger partial charge in [0, 0.05) is 12.3 Å². The second-order valence-corrected chi connectivity index (χ2v) is 31.4. The van der Waals surface area contributed by atoms with Crippen molar-refractivity contribution in [3.8, 4) is 0 Å². The van der Waals surface area contributed by atoms with Gasteiger partial charge < -0.3 is 153 Å². The van der Waals surface area contributed by atoms with E-state index in [1.54, 1.807) is 6.92 Å². The molecule has 6 saturated heterocycles. The van der Waals surface area contributed by atoms with Crippen LogP contribution in [0.15, 0.2) is 11.6 Å². The summed E-state index contributed by atoms with van der Waals surface area (Å²) < 4.78 is 76.7. The Hall–Kier alpha value is -2.48. The van der Waals surface area contributed by atoms with Crippen molar-refractivity contribution in [3.63, 3.8) is 0 Å². The fourth-order valence-corrected chi connectivity index (χ4v) is 19.2. The van der Waals surface area contributed by atoms with Crippen LogP contribution in [0.1, 0.15) is 107 Å². The summed E-state index contributed by atoms with van der Waals surface area (Å²) in [4.78, 5) is 28.4. The summed E-state index contributed by atoms with van der Waals surface area (Å²) in [5, 5.41) is 200. The minimum atomic E-state index is -2.11. The van der Waals surface area contributed by atoms with E-state index in [9.17, 15) is 96.7 Å². The molecule has 5 aliphatic carbocycles. The number of hydrogen-bond acceptors (Lipinski definition) is 33. The molecule has 18 N–H and O–H groups in total. The zero-order valence-corrected chi connectivity index (χ0v) is 56.3. The third-order valence-electron chi connectivity index (χ3n) is 24.9. The van der Waals surface area contributed by atoms with Gasteiger partial charge in [0.15, 0.2) is 43.7 Å². The molecule has 0 aromatic heterocycles. The molecule has 10 fully saturated rings. The van der Waals surface area contributed by atoms with E-state index in [0.29, 0.717) is 32.1 Å². The highest BCUT2D eigenvalue weighted by Crippen LogP contribution is 2.76. The van der Waals surface area contributed by atoms with Crippen LogP contribution in [0.3, 0.4) is 0 Å². The van der Waals surface area contributed by atoms with Crippen LogP contribution in [0.2, 0.25) is 0 Å². The lowest BCUT2D eigenvalue weighted by atomic mass is 9.33. The average molecular weight is 1410 g/mol. The molecular formula is C65H104O33. The van der Waals surface area contributed by atoms with Crippen molar-refractivity contribution in [2.75, 3.05) is 46.2 Å². The molecule has 11 rings (SSSR count). The van der Waals surface area contributed by atoms with Crippen LogP contribution in [0.5, 0.6) is 0 Å². The smallest absolute Gasteiger partial charge is 0.317 e. The van der Waals surface area contributed by atoms with Crippen LogP contribution < -0.4 is 0 Å². The van der Waals surface area contributed by atoms with Crippen LogP contribution >= 0.6 is 0 Å². The number of esters is 2. The molecule has 33 nitrogen and oxygen atoms in total. The summed E-state index contributed by atoms with van der Waals surface area (Å²) in [5.41, 5.74) is -6.71. The first-order chi connectivity index (χ1) is 45.9. The Morgan fingerprint density at radius 3 is 1.78 bits per heavy atom. The van der Waals surface area contributed by atoms with E-state index in [0.717, 1.165) is 12.5 Å². The van der Waals surface area contributed by atoms with E-state index < -0.39 is 275 Å². The lowest BCUT2D eigenvalue weighted by Crippen LogP contribution is -2.71. The Kier molecular flexibility index (Phi) is 22.2. The highest BCUT2D eigenvalue weighted by atomic mass is 16.8. The molecule has 0 aromatic carbocycles. The van der Waals surface area contributed by atoms with Gasteiger partial charge in [0.1, 0.15) is 109 Å². The molecule has 0 radical (unpaired) electrons. The highest BCUT2D eigenvalue weighted by molar-refractivity contribution is 5.80. The molecule has 6 aliphatic heterocycles. The fraction of sp³-hybridized carbons (Fsp3) is 0.938. The average Bonchev–Trinajstić information content (AvgIpc) is 0.708. The number of aliphatic hydroxyl groups is 18. The van der Waals surface area contributed by atoms with Gasteiger partial charge >= 0.3 is 11.9 Å². The van der Waals surface area contributed by atoms with E-state index in [1.165, 1.54) is 6.92 Å². The number of carbonyl (C=O) groups excluding carboxylic acids is 2. The minimum absolute atomic E-state index is 0.0586. The van der Waals surface area contributed by atoms with Crippen molar-refractivity contribution in [1.82, 2.24) is 0 Å². The summed E-state index contributed by atoms with van der Waals surface area (Å²) in [6, 6.07) is 0. The monoisotopic (exact) mass is 1410 g/mol. The van der Waals surface area contributed by atoms with Crippen LogP contribution in [0.4, 0.5) is 0 Å². The number of carbonyl (C=O) groups is 2. The maximum absolute atomic E-state index is 15.6. The SMILES string of the molecule is CC(=O)O[C@H]1[C@@H](O)[C@H](O[C@H]2[C@H](OC(=O)[C@]34CCC(C)(C)C[C@@H]3C3=CC[C@@H]5[C@@]6(C)C[C@H](O)[C@H](O[C@@H]7O[C@H](CO)[C@@H](O)[C@H](O[C@@H]8O[C@H](CO)[C@@H](O)[C@H](O)[C@H]8O)[C@H]7O)[C@@](C)(CO)[C@H]6CC[C@@]5(C)[C@]3(C)C[C@H]4O)OC[C@H](O)[C@@H]2O)O[C@@H](C)[C@@H]1O[C@@H]1OC[C@@H](O)[C@H](O[C@@H]2OC[C@](O)(CO)[C@H]2O)[C@H]1O. The van der Waals surface area contributed by atoms with Crippen molar-refractivity contribution in [3.05, 3.63) is 11.6 Å². The van der Waals surface area contributed by atoms with Crippen molar-refractivity contribution in [2.45, 2.75) is 284 Å². The van der Waals surface area contributed by atoms with Gasteiger partial charge in [0.2, 0.25) is 6.29 Å². The van der Waals surface area contributed by atoms with Crippen LogP contribution in [0.25, 0.3) is 0 Å². The maximum Gasteiger partial charge on any atom is 0.317 e. The third kappa shape index (κ3) is 12.9. The molecule has 0 unspecified atom stereocenters. The first-order valence-corrected chi connectivity index (χ1v) is 34.1. The predicted octanol–water partition coefficient (Wildman–Crippen LogP) is -5.96. The van der Waals surface area contributed by atoms with Gasteiger partial charge in [0.05, 0.1) is 70.7 Å². The van der Waals surface area contributed by atoms with E-state index in [-0.39, 0.29) is 30.6 Å². The lowest BCUT2D eigenvalue weighted by Gasteiger charge is -2.72. The molecule has 11 aliphatic rings. The van der Waals surface area contributed by atoms with Gasteiger partial charge in [-0.25, -0.2) is 0 Å². The normalized spacial score (nSPS) is 54.1. The Bertz CT molecular complexity index is 2820. The second kappa shape index (κ2) is 28.4. The van der Waals surface area contributed by atoms with Crippen LogP contribution in [-0.2, 0) is 71.2 Å². The molecule has 0 aromatic rings. The van der Waals surface area contributed by atoms with Gasteiger partial charge in [-0.3, -0.25) is 9.59 Å². The molecular weight excluding hydrogens is 1310 g/mol. The van der Waals surface area contributed by atoms with E-state index >= 15 is 4.79 Å². The van der Waals surface area contributed by atoms with E-state index in [2.05, 4.69) is 40.7 Å². The molecule has 0 bridgehead atoms. The first kappa shape index (κ1) is 76.6. The number of hydrogen-bond donors (Lipinski definition) is 18. The van der Waals surface area contributed by atoms with Crippen LogP contribution in [-0.4, -0.2) is 328 Å². The Balaban J connectivity index is 0.811. The molecule has 0 amide bonds. The van der Waals surface area contributed by atoms with Gasteiger partial charge in [-0.1, -0.05) is 53.2 Å². The Labute approximate surface area is 565 Å². The summed E-state index contributed by atoms with van der Waals surface area (Å²) in [5.74, 6) is -3.10. The fourth-order valence-electron chi connectivity index (χ4n) is 19.2. The molecule has 33 heteroatoms. The van der Waals surface area contributed by atoms with Crippen molar-refractivity contribution < 1.29 is 163 Å². The van der Waals surface area contributed by atoms with Crippen molar-refractivity contribution >= 4 is 11.9 Å². The van der Waals surface area contributed by atoms with E-state index in [1.807, 2.05) is 0 Å². The number of rotatable bonds is 17. The second-order valence-electron chi connectivity index (χ2n) is 31.4. The van der Waals surface area contributed by atoms with Gasteiger partial charge in [-0.15, -0.1) is 0 Å². The molecule has 6 heterocycles. The van der Waals surface area contributed by atoms with Gasteiger partial charge in [0.25, 0.3) is 0 Å². The lowest BCUT2D eigenvalue weighted by molar-refractivity contribution is -0.375. The molecule has 98 heavy (non-hydrogen) atoms. The third-order valence-corrected chi connectivity index (χ3v) is 24.9. The summed E-state index contributed by atoms with van der Waals surface area (Å²) in [6.07, 6.45) is -42.3. The van der Waals surface area contributed by atoms with E-state index in [4.69, 9.17) is 61.6 Å². The zero-order chi connectivity index (χ0) is 71.6. The zero-order valence-electron chi connectivity index (χ0n) is 56.3. The molecule has 37 atom stereocenters. The standard InChI is InChI=1S/C65H104O33/c1-25-45(93-52-42(80)46(31(73)21-86-52)94-57-50(83)64(85,23-69)24-88-57)48(90-26(2)70)44(82)54(89-25)96-49-37(75)30(72)20-87-56(49)98-58(84)65-14-13-59(3,4)15-28(65)27-9-10-35-60(5)16-29(71)51(61(6,22-68)34(60)11-12-62(35,7)63(27,8)17-36(65)74)97-55-43(81)47(39(77)33(19-67)92-55)95-53-41(79)40(78)38(76)32(18-66)91-53/h9,25,28-57,66-69,71-83,85H,10-24H2,1-8H3/t25-,28+,29-,30-,31+,32+,33+,34-,35+,36+,37-,38+,39+,40-,41+,42+,43+,44+,45-,46-,47-,48-,49+,50-,51-,52-,53-,54-,55-,56-,57-,60-,61-,62+,63+,64+,65+/m0/s1. The first-order valence-electron chi connectivity index (χ1n) is 34.1. The number of fused-ring (bicyclic) bond motifs is 7. The quantitative estimate of drug-likeness (QED) is 0.0366. The van der Waals surface area contributed by atoms with Crippen molar-refractivity contribution in [1.29, 1.82) is 0 Å². The molecule has 562 valence electrons. The van der Waals surface area contributed by atoms with Crippen LogP contribution in [0, 0.1) is 50.2 Å². The summed E-state index contributed by atoms with van der Waals surface area (Å²) in [6.45, 7) is 10.0. The largest absolute Gasteiger partial charge is 0.457 e.